The van der Waals surface area contributed by atoms with E-state index < -0.39 is 0 Å². The lowest BCUT2D eigenvalue weighted by atomic mass is 10.2. The summed E-state index contributed by atoms with van der Waals surface area (Å²) in [5.41, 5.74) is 3.86. The first-order valence-electron chi connectivity index (χ1n) is 8.88. The average Bonchev–Trinajstić information content (AvgIpc) is 3.14. The fourth-order valence-corrected chi connectivity index (χ4v) is 3.50. The molecule has 2 N–H and O–H groups in total. The highest BCUT2D eigenvalue weighted by atomic mass is 16.2. The zero-order valence-electron chi connectivity index (χ0n) is 14.4. The molecule has 1 aliphatic rings. The number of aromatic amines is 1. The van der Waals surface area contributed by atoms with Gasteiger partial charge in [-0.05, 0) is 43.7 Å². The van der Waals surface area contributed by atoms with Crippen LogP contribution < -0.4 is 5.32 Å². The lowest BCUT2D eigenvalue weighted by Crippen LogP contribution is -2.28. The number of fused-ring (bicyclic) bond motifs is 2. The number of pyridine rings is 1. The molecule has 4 aromatic rings. The highest BCUT2D eigenvalue weighted by molar-refractivity contribution is 5.83. The summed E-state index contributed by atoms with van der Waals surface area (Å²) in [4.78, 5) is 20.6. The second-order valence-corrected chi connectivity index (χ2v) is 6.96. The highest BCUT2D eigenvalue weighted by Gasteiger charge is 2.46. The van der Waals surface area contributed by atoms with E-state index in [1.165, 1.54) is 0 Å². The quantitative estimate of drug-likeness (QED) is 0.596. The molecule has 0 radical (unpaired) electrons. The molecule has 3 aromatic heterocycles. The predicted octanol–water partition coefficient (Wildman–Crippen LogP) is 3.19. The molecule has 26 heavy (non-hydrogen) atoms. The van der Waals surface area contributed by atoms with Gasteiger partial charge in [-0.3, -0.25) is 4.79 Å². The predicted molar refractivity (Wildman–Crippen MR) is 98.7 cm³/mol. The van der Waals surface area contributed by atoms with Crippen LogP contribution in [0.15, 0.2) is 54.7 Å². The smallest absolute Gasteiger partial charge is 0.224 e. The van der Waals surface area contributed by atoms with E-state index in [2.05, 4.69) is 20.4 Å². The molecule has 0 aliphatic heterocycles. The van der Waals surface area contributed by atoms with Crippen molar-refractivity contribution in [2.45, 2.75) is 25.3 Å². The monoisotopic (exact) mass is 345 g/mol. The number of nitrogens with zero attached hydrogens (tertiary/aromatic N) is 3. The lowest BCUT2D eigenvalue weighted by molar-refractivity contribution is -0.123. The van der Waals surface area contributed by atoms with Crippen LogP contribution in [0.4, 0.5) is 0 Å². The van der Waals surface area contributed by atoms with Crippen molar-refractivity contribution in [3.05, 3.63) is 66.2 Å². The second kappa shape index (κ2) is 5.69. The summed E-state index contributed by atoms with van der Waals surface area (Å²) in [5.74, 6) is 1.14. The van der Waals surface area contributed by atoms with E-state index in [0.717, 1.165) is 34.5 Å². The Morgan fingerprint density at radius 2 is 2.12 bits per heavy atom. The van der Waals surface area contributed by atoms with E-state index >= 15 is 0 Å². The molecule has 5 rings (SSSR count). The third kappa shape index (κ3) is 2.54. The van der Waals surface area contributed by atoms with Gasteiger partial charge >= 0.3 is 0 Å². The number of nitrogens with one attached hydrogen (secondary N) is 2. The largest absolute Gasteiger partial charge is 0.348 e. The molecule has 6 heteroatoms. The summed E-state index contributed by atoms with van der Waals surface area (Å²) in [6.45, 7) is 1.97. The molecule has 6 nitrogen and oxygen atoms in total. The van der Waals surface area contributed by atoms with Crippen LogP contribution >= 0.6 is 0 Å². The van der Waals surface area contributed by atoms with Crippen LogP contribution in [0.3, 0.4) is 0 Å². The van der Waals surface area contributed by atoms with Gasteiger partial charge in [0, 0.05) is 18.0 Å². The van der Waals surface area contributed by atoms with Crippen LogP contribution in [0, 0.1) is 5.92 Å². The molecule has 1 aliphatic carbocycles. The van der Waals surface area contributed by atoms with Crippen LogP contribution in [0.5, 0.6) is 0 Å². The Morgan fingerprint density at radius 1 is 1.27 bits per heavy atom. The zero-order valence-corrected chi connectivity index (χ0v) is 14.4. The average molecular weight is 345 g/mol. The van der Waals surface area contributed by atoms with Gasteiger partial charge < -0.3 is 10.3 Å². The van der Waals surface area contributed by atoms with Gasteiger partial charge in [-0.2, -0.15) is 5.10 Å². The second-order valence-electron chi connectivity index (χ2n) is 6.96. The molecule has 1 amide bonds. The first-order valence-corrected chi connectivity index (χ1v) is 8.88. The van der Waals surface area contributed by atoms with E-state index in [1.54, 1.807) is 0 Å². The number of aromatic nitrogens is 4. The molecule has 3 atom stereocenters. The van der Waals surface area contributed by atoms with Crippen molar-refractivity contribution in [1.82, 2.24) is 24.9 Å². The van der Waals surface area contributed by atoms with Crippen LogP contribution in [-0.2, 0) is 4.79 Å². The van der Waals surface area contributed by atoms with Gasteiger partial charge in [0.05, 0.1) is 28.3 Å². The Kier molecular flexibility index (Phi) is 3.31. The van der Waals surface area contributed by atoms with Crippen LogP contribution in [0.1, 0.15) is 36.8 Å². The Bertz CT molecular complexity index is 1050. The Labute approximate surface area is 150 Å². The number of imidazole rings is 1. The number of para-hydroxylation sites is 2. The standard InChI is InChI=1S/C20H19N5O/c1-12(18-10-13-6-4-5-9-25(13)24-18)21-20(26)15-11-14(15)19-22-16-7-2-3-8-17(16)23-19/h2-10,12,14-15H,11H2,1H3,(H,21,26)(H,22,23)/t12-,14+,15+/m1/s1. The summed E-state index contributed by atoms with van der Waals surface area (Å²) < 4.78 is 1.83. The number of H-pyrrole nitrogens is 1. The third-order valence-corrected chi connectivity index (χ3v) is 5.08. The number of carbonyl (C=O) groups is 1. The summed E-state index contributed by atoms with van der Waals surface area (Å²) in [6.07, 6.45) is 2.75. The number of rotatable bonds is 4. The van der Waals surface area contributed by atoms with Crippen LogP contribution in [-0.4, -0.2) is 25.5 Å². The molecular weight excluding hydrogens is 326 g/mol. The molecule has 130 valence electrons. The summed E-state index contributed by atoms with van der Waals surface area (Å²) in [6, 6.07) is 15.8. The molecule has 3 heterocycles. The van der Waals surface area contributed by atoms with Gasteiger partial charge in [0.25, 0.3) is 0 Å². The van der Waals surface area contributed by atoms with Gasteiger partial charge in [-0.15, -0.1) is 0 Å². The molecule has 0 saturated heterocycles. The van der Waals surface area contributed by atoms with E-state index in [1.807, 2.05) is 66.2 Å². The first-order chi connectivity index (χ1) is 12.7. The van der Waals surface area contributed by atoms with E-state index in [4.69, 9.17) is 0 Å². The van der Waals surface area contributed by atoms with Crippen molar-refractivity contribution in [2.24, 2.45) is 5.92 Å². The molecule has 1 aromatic carbocycles. The summed E-state index contributed by atoms with van der Waals surface area (Å²) in [5, 5.41) is 7.63. The van der Waals surface area contributed by atoms with Gasteiger partial charge in [0.2, 0.25) is 5.91 Å². The molecular formula is C20H19N5O. The fraction of sp³-hybridized carbons (Fsp3) is 0.250. The highest BCUT2D eigenvalue weighted by Crippen LogP contribution is 2.47. The summed E-state index contributed by atoms with van der Waals surface area (Å²) >= 11 is 0. The minimum atomic E-state index is -0.126. The fourth-order valence-electron chi connectivity index (χ4n) is 3.50. The first kappa shape index (κ1) is 15.1. The molecule has 0 unspecified atom stereocenters. The van der Waals surface area contributed by atoms with Crippen molar-refractivity contribution in [3.63, 3.8) is 0 Å². The maximum atomic E-state index is 12.6. The third-order valence-electron chi connectivity index (χ3n) is 5.08. The topological polar surface area (TPSA) is 75.1 Å². The minimum Gasteiger partial charge on any atom is -0.348 e. The summed E-state index contributed by atoms with van der Waals surface area (Å²) in [7, 11) is 0. The van der Waals surface area contributed by atoms with E-state index in [-0.39, 0.29) is 23.8 Å². The van der Waals surface area contributed by atoms with Gasteiger partial charge in [0.1, 0.15) is 5.82 Å². The number of carbonyl (C=O) groups excluding carboxylic acids is 1. The molecule has 0 bridgehead atoms. The number of hydrogen-bond donors (Lipinski definition) is 2. The van der Waals surface area contributed by atoms with E-state index in [0.29, 0.717) is 0 Å². The Hall–Kier alpha value is -3.15. The van der Waals surface area contributed by atoms with Crippen molar-refractivity contribution in [2.75, 3.05) is 0 Å². The maximum absolute atomic E-state index is 12.6. The van der Waals surface area contributed by atoms with E-state index in [9.17, 15) is 4.79 Å². The molecule has 0 spiro atoms. The van der Waals surface area contributed by atoms with Crippen molar-refractivity contribution < 1.29 is 4.79 Å². The minimum absolute atomic E-state index is 0.0185. The zero-order chi connectivity index (χ0) is 17.7. The number of hydrogen-bond acceptors (Lipinski definition) is 3. The normalized spacial score (nSPS) is 20.3. The van der Waals surface area contributed by atoms with Crippen molar-refractivity contribution in [3.8, 4) is 0 Å². The Morgan fingerprint density at radius 3 is 2.96 bits per heavy atom. The SMILES string of the molecule is C[C@@H](NC(=O)[C@H]1C[C@@H]1c1nc2ccccc2[nH]1)c1cc2ccccn2n1. The van der Waals surface area contributed by atoms with Crippen LogP contribution in [0.2, 0.25) is 0 Å². The number of amides is 1. The Balaban J connectivity index is 1.28. The number of benzene rings is 1. The maximum Gasteiger partial charge on any atom is 0.224 e. The van der Waals surface area contributed by atoms with Crippen molar-refractivity contribution in [1.29, 1.82) is 0 Å². The van der Waals surface area contributed by atoms with Gasteiger partial charge in [0.15, 0.2) is 0 Å². The van der Waals surface area contributed by atoms with Crippen molar-refractivity contribution >= 4 is 22.5 Å². The van der Waals surface area contributed by atoms with Gasteiger partial charge in [-0.25, -0.2) is 9.50 Å². The molecule has 1 saturated carbocycles. The van der Waals surface area contributed by atoms with Gasteiger partial charge in [-0.1, -0.05) is 18.2 Å². The van der Waals surface area contributed by atoms with Crippen LogP contribution in [0.25, 0.3) is 16.6 Å². The lowest BCUT2D eigenvalue weighted by Gasteiger charge is -2.11. The molecule has 1 fully saturated rings.